The van der Waals surface area contributed by atoms with E-state index in [9.17, 15) is 14.7 Å². The van der Waals surface area contributed by atoms with Crippen molar-refractivity contribution in [2.24, 2.45) is 0 Å². The lowest BCUT2D eigenvalue weighted by Gasteiger charge is -2.33. The molecule has 2 aromatic carbocycles. The van der Waals surface area contributed by atoms with Gasteiger partial charge in [0.25, 0.3) is 5.91 Å². The van der Waals surface area contributed by atoms with Gasteiger partial charge in [-0.3, -0.25) is 9.78 Å². The zero-order valence-corrected chi connectivity index (χ0v) is 18.5. The molecule has 1 saturated heterocycles. The molecule has 1 aromatic heterocycles. The predicted octanol–water partition coefficient (Wildman–Crippen LogP) is 3.97. The minimum absolute atomic E-state index is 0.146. The summed E-state index contributed by atoms with van der Waals surface area (Å²) < 4.78 is 5.30. The van der Waals surface area contributed by atoms with Crippen molar-refractivity contribution in [1.82, 2.24) is 10.3 Å². The molecule has 2 aliphatic rings. The van der Waals surface area contributed by atoms with Crippen LogP contribution in [0.25, 0.3) is 15.7 Å². The number of carbonyl (C=O) groups is 2. The number of nitrogens with one attached hydrogen (secondary N) is 1. The molecule has 5 rings (SSSR count). The first kappa shape index (κ1) is 20.8. The molecule has 3 heterocycles. The second kappa shape index (κ2) is 8.12. The van der Waals surface area contributed by atoms with Crippen LogP contribution in [-0.4, -0.2) is 40.4 Å². The van der Waals surface area contributed by atoms with Crippen LogP contribution in [0.2, 0.25) is 5.02 Å². The Morgan fingerprint density at radius 2 is 2.06 bits per heavy atom. The Balaban J connectivity index is 1.51. The fraction of sp³-hybridized carbons (Fsp3) is 0.174. The van der Waals surface area contributed by atoms with Gasteiger partial charge in [-0.15, -0.1) is 11.8 Å². The topological polar surface area (TPSA) is 91.8 Å². The number of ether oxygens (including phenoxy) is 1. The molecule has 0 radical (unpaired) electrons. The van der Waals surface area contributed by atoms with E-state index in [1.807, 2.05) is 12.1 Å². The number of aromatic nitrogens is 1. The van der Waals surface area contributed by atoms with Crippen LogP contribution in [0.5, 0.6) is 5.75 Å². The van der Waals surface area contributed by atoms with Gasteiger partial charge in [0.1, 0.15) is 11.0 Å². The SMILES string of the molecule is COc1ccc(Cl)c(C2=CC3NC(=O)N(c4cncc5ccc(CO)cc45)C(=O)C3S2)c1. The maximum atomic E-state index is 13.5. The highest BCUT2D eigenvalue weighted by molar-refractivity contribution is 8.09. The van der Waals surface area contributed by atoms with E-state index in [4.69, 9.17) is 16.3 Å². The predicted molar refractivity (Wildman–Crippen MR) is 125 cm³/mol. The fourth-order valence-electron chi connectivity index (χ4n) is 3.93. The van der Waals surface area contributed by atoms with Crippen LogP contribution >= 0.6 is 23.4 Å². The third-order valence-electron chi connectivity index (χ3n) is 5.53. The standard InChI is InChI=1S/C23H18ClN3O4S/c1-31-14-4-5-17(24)16(7-14)20-8-18-21(32-20)22(29)27(23(30)26-18)19-10-25-9-13-3-2-12(11-28)6-15(13)19/h2-10,18,21,28H,11H2,1H3,(H,26,30). The summed E-state index contributed by atoms with van der Waals surface area (Å²) in [5, 5.41) is 13.9. The Kier molecular flexibility index (Phi) is 5.28. The summed E-state index contributed by atoms with van der Waals surface area (Å²) in [5.74, 6) is 0.317. The minimum atomic E-state index is -0.541. The van der Waals surface area contributed by atoms with Crippen LogP contribution in [0.1, 0.15) is 11.1 Å². The molecule has 0 bridgehead atoms. The van der Waals surface area contributed by atoms with Gasteiger partial charge in [0.2, 0.25) is 0 Å². The lowest BCUT2D eigenvalue weighted by Crippen LogP contribution is -2.60. The lowest BCUT2D eigenvalue weighted by molar-refractivity contribution is -0.118. The highest BCUT2D eigenvalue weighted by Gasteiger charge is 2.45. The van der Waals surface area contributed by atoms with Crippen molar-refractivity contribution in [1.29, 1.82) is 0 Å². The van der Waals surface area contributed by atoms with E-state index in [-0.39, 0.29) is 12.5 Å². The third-order valence-corrected chi connectivity index (χ3v) is 7.22. The number of fused-ring (bicyclic) bond motifs is 2. The second-order valence-corrected chi connectivity index (χ2v) is 9.03. The number of imide groups is 1. The molecule has 3 aromatic rings. The van der Waals surface area contributed by atoms with Crippen molar-refractivity contribution < 1.29 is 19.4 Å². The molecule has 9 heteroatoms. The van der Waals surface area contributed by atoms with Crippen molar-refractivity contribution in [3.05, 3.63) is 71.0 Å². The average molecular weight is 468 g/mol. The largest absolute Gasteiger partial charge is 0.497 e. The molecule has 2 aliphatic heterocycles. The molecular formula is C23H18ClN3O4S. The number of pyridine rings is 1. The van der Waals surface area contributed by atoms with E-state index in [0.717, 1.165) is 20.8 Å². The summed E-state index contributed by atoms with van der Waals surface area (Å²) in [5.41, 5.74) is 1.81. The number of thioether (sulfide) groups is 1. The van der Waals surface area contributed by atoms with Crippen molar-refractivity contribution in [3.63, 3.8) is 0 Å². The number of urea groups is 1. The van der Waals surface area contributed by atoms with E-state index in [2.05, 4.69) is 10.3 Å². The number of amides is 3. The van der Waals surface area contributed by atoms with E-state index < -0.39 is 17.3 Å². The van der Waals surface area contributed by atoms with Gasteiger partial charge in [-0.1, -0.05) is 23.7 Å². The summed E-state index contributed by atoms with van der Waals surface area (Å²) in [6.45, 7) is -0.146. The number of aliphatic hydroxyl groups is 1. The van der Waals surface area contributed by atoms with Crippen LogP contribution in [0, 0.1) is 0 Å². The monoisotopic (exact) mass is 467 g/mol. The second-order valence-electron chi connectivity index (χ2n) is 7.44. The number of hydrogen-bond donors (Lipinski definition) is 2. The number of benzene rings is 2. The van der Waals surface area contributed by atoms with Gasteiger partial charge in [0.05, 0.1) is 31.6 Å². The van der Waals surface area contributed by atoms with Crippen LogP contribution < -0.4 is 15.0 Å². The first-order chi connectivity index (χ1) is 15.5. The van der Waals surface area contributed by atoms with Crippen LogP contribution in [0.3, 0.4) is 0 Å². The molecule has 3 amide bonds. The number of rotatable bonds is 4. The Hall–Kier alpha value is -3.07. The Bertz CT molecular complexity index is 1300. The van der Waals surface area contributed by atoms with Crippen molar-refractivity contribution in [2.75, 3.05) is 12.0 Å². The molecule has 1 fully saturated rings. The highest BCUT2D eigenvalue weighted by atomic mass is 35.5. The number of methoxy groups -OCH3 is 1. The van der Waals surface area contributed by atoms with Gasteiger partial charge < -0.3 is 15.2 Å². The molecule has 2 atom stereocenters. The van der Waals surface area contributed by atoms with Gasteiger partial charge in [0.15, 0.2) is 0 Å². The zero-order valence-electron chi connectivity index (χ0n) is 16.9. The molecular weight excluding hydrogens is 450 g/mol. The third kappa shape index (κ3) is 3.40. The summed E-state index contributed by atoms with van der Waals surface area (Å²) in [7, 11) is 1.57. The quantitative estimate of drug-likeness (QED) is 0.603. The summed E-state index contributed by atoms with van der Waals surface area (Å²) in [6, 6.07) is 9.70. The Morgan fingerprint density at radius 1 is 1.22 bits per heavy atom. The smallest absolute Gasteiger partial charge is 0.329 e. The van der Waals surface area contributed by atoms with Gasteiger partial charge in [0, 0.05) is 32.5 Å². The number of anilines is 1. The maximum Gasteiger partial charge on any atom is 0.329 e. The van der Waals surface area contributed by atoms with Gasteiger partial charge in [-0.05, 0) is 35.9 Å². The fourth-order valence-corrected chi connectivity index (χ4v) is 5.50. The molecule has 0 saturated carbocycles. The Morgan fingerprint density at radius 3 is 2.84 bits per heavy atom. The first-order valence-electron chi connectivity index (χ1n) is 9.84. The highest BCUT2D eigenvalue weighted by Crippen LogP contribution is 2.45. The molecule has 0 aliphatic carbocycles. The zero-order chi connectivity index (χ0) is 22.4. The van der Waals surface area contributed by atoms with Crippen molar-refractivity contribution in [3.8, 4) is 5.75 Å². The maximum absolute atomic E-state index is 13.5. The summed E-state index contributed by atoms with van der Waals surface area (Å²) in [6.07, 6.45) is 5.01. The molecule has 2 N–H and O–H groups in total. The minimum Gasteiger partial charge on any atom is -0.497 e. The van der Waals surface area contributed by atoms with Gasteiger partial charge in [-0.2, -0.15) is 0 Å². The summed E-state index contributed by atoms with van der Waals surface area (Å²) >= 11 is 7.75. The molecule has 2 unspecified atom stereocenters. The van der Waals surface area contributed by atoms with E-state index in [1.54, 1.807) is 43.6 Å². The molecule has 0 spiro atoms. The number of aliphatic hydroxyl groups excluding tert-OH is 1. The molecule has 7 nitrogen and oxygen atoms in total. The first-order valence-corrected chi connectivity index (χ1v) is 11.1. The molecule has 32 heavy (non-hydrogen) atoms. The number of halogens is 1. The Labute approximate surface area is 193 Å². The van der Waals surface area contributed by atoms with Gasteiger partial charge in [-0.25, -0.2) is 9.69 Å². The lowest BCUT2D eigenvalue weighted by atomic mass is 10.0. The van der Waals surface area contributed by atoms with Crippen LogP contribution in [0.15, 0.2) is 54.9 Å². The number of hydrogen-bond acceptors (Lipinski definition) is 6. The van der Waals surface area contributed by atoms with Gasteiger partial charge >= 0.3 is 6.03 Å². The molecule has 162 valence electrons. The van der Waals surface area contributed by atoms with E-state index in [0.29, 0.717) is 27.4 Å². The van der Waals surface area contributed by atoms with Crippen LogP contribution in [-0.2, 0) is 11.4 Å². The van der Waals surface area contributed by atoms with E-state index >= 15 is 0 Å². The summed E-state index contributed by atoms with van der Waals surface area (Å²) in [4.78, 5) is 32.6. The van der Waals surface area contributed by atoms with E-state index in [1.165, 1.54) is 18.0 Å². The normalized spacial score (nSPS) is 20.2. The van der Waals surface area contributed by atoms with Crippen molar-refractivity contribution in [2.45, 2.75) is 17.9 Å². The van der Waals surface area contributed by atoms with Crippen molar-refractivity contribution >= 4 is 56.7 Å². The van der Waals surface area contributed by atoms with Crippen LogP contribution in [0.4, 0.5) is 10.5 Å². The number of nitrogens with zero attached hydrogens (tertiary/aromatic N) is 2. The number of carbonyl (C=O) groups excluding carboxylic acids is 2. The average Bonchev–Trinajstić information content (AvgIpc) is 3.23.